The summed E-state index contributed by atoms with van der Waals surface area (Å²) in [6, 6.07) is 8.22. The Kier molecular flexibility index (Phi) is 3.92. The molecule has 1 aromatic rings. The summed E-state index contributed by atoms with van der Waals surface area (Å²) >= 11 is 0. The lowest BCUT2D eigenvalue weighted by Gasteiger charge is -2.29. The van der Waals surface area contributed by atoms with Crippen LogP contribution in [0.2, 0.25) is 0 Å². The summed E-state index contributed by atoms with van der Waals surface area (Å²) in [7, 11) is 0. The lowest BCUT2D eigenvalue weighted by molar-refractivity contribution is -0.119. The SMILES string of the molecule is CC(C(=O)Nc1ccc(N2CCNCC2)cc1)C1CC1. The first kappa shape index (κ1) is 13.4. The molecule has 1 aliphatic carbocycles. The van der Waals surface area contributed by atoms with Gasteiger partial charge in [-0.3, -0.25) is 4.79 Å². The van der Waals surface area contributed by atoms with E-state index >= 15 is 0 Å². The quantitative estimate of drug-likeness (QED) is 0.883. The van der Waals surface area contributed by atoms with Crippen molar-refractivity contribution in [1.82, 2.24) is 5.32 Å². The van der Waals surface area contributed by atoms with Crippen molar-refractivity contribution in [2.75, 3.05) is 36.4 Å². The molecule has 1 aliphatic heterocycles. The molecular formula is C16H23N3O. The first-order valence-corrected chi connectivity index (χ1v) is 7.60. The molecule has 1 atom stereocenters. The van der Waals surface area contributed by atoms with E-state index in [0.717, 1.165) is 31.9 Å². The van der Waals surface area contributed by atoms with Crippen LogP contribution in [0.25, 0.3) is 0 Å². The molecule has 3 rings (SSSR count). The highest BCUT2D eigenvalue weighted by molar-refractivity contribution is 5.92. The van der Waals surface area contributed by atoms with Crippen LogP contribution < -0.4 is 15.5 Å². The van der Waals surface area contributed by atoms with Crippen LogP contribution in [-0.4, -0.2) is 32.1 Å². The fraction of sp³-hybridized carbons (Fsp3) is 0.562. The zero-order chi connectivity index (χ0) is 13.9. The van der Waals surface area contributed by atoms with Gasteiger partial charge in [0.15, 0.2) is 0 Å². The van der Waals surface area contributed by atoms with E-state index < -0.39 is 0 Å². The Bertz CT molecular complexity index is 461. The van der Waals surface area contributed by atoms with Gasteiger partial charge in [-0.25, -0.2) is 0 Å². The molecule has 0 bridgehead atoms. The normalized spacial score (nSPS) is 20.6. The molecule has 1 unspecified atom stereocenters. The number of nitrogens with zero attached hydrogens (tertiary/aromatic N) is 1. The molecule has 1 aromatic carbocycles. The minimum Gasteiger partial charge on any atom is -0.369 e. The largest absolute Gasteiger partial charge is 0.369 e. The van der Waals surface area contributed by atoms with Gasteiger partial charge < -0.3 is 15.5 Å². The van der Waals surface area contributed by atoms with Crippen LogP contribution >= 0.6 is 0 Å². The van der Waals surface area contributed by atoms with E-state index in [1.165, 1.54) is 18.5 Å². The number of anilines is 2. The van der Waals surface area contributed by atoms with Crippen molar-refractivity contribution >= 4 is 17.3 Å². The van der Waals surface area contributed by atoms with E-state index in [9.17, 15) is 4.79 Å². The average molecular weight is 273 g/mol. The van der Waals surface area contributed by atoms with E-state index in [2.05, 4.69) is 27.7 Å². The zero-order valence-corrected chi connectivity index (χ0v) is 12.1. The third-order valence-electron chi connectivity index (χ3n) is 4.36. The van der Waals surface area contributed by atoms with Crippen LogP contribution in [0, 0.1) is 11.8 Å². The van der Waals surface area contributed by atoms with Crippen molar-refractivity contribution in [3.63, 3.8) is 0 Å². The highest BCUT2D eigenvalue weighted by Crippen LogP contribution is 2.37. The molecule has 2 aliphatic rings. The maximum absolute atomic E-state index is 12.1. The molecule has 0 radical (unpaired) electrons. The summed E-state index contributed by atoms with van der Waals surface area (Å²) in [5, 5.41) is 6.38. The van der Waals surface area contributed by atoms with Crippen molar-refractivity contribution in [2.24, 2.45) is 11.8 Å². The van der Waals surface area contributed by atoms with Crippen LogP contribution in [0.1, 0.15) is 19.8 Å². The summed E-state index contributed by atoms with van der Waals surface area (Å²) in [4.78, 5) is 14.4. The minimum absolute atomic E-state index is 0.142. The summed E-state index contributed by atoms with van der Waals surface area (Å²) < 4.78 is 0. The number of rotatable bonds is 4. The van der Waals surface area contributed by atoms with E-state index in [1.54, 1.807) is 0 Å². The Morgan fingerprint density at radius 1 is 1.25 bits per heavy atom. The molecule has 1 saturated heterocycles. The second-order valence-corrected chi connectivity index (χ2v) is 5.90. The molecule has 1 heterocycles. The van der Waals surface area contributed by atoms with Gasteiger partial charge in [-0.1, -0.05) is 6.92 Å². The van der Waals surface area contributed by atoms with Crippen LogP contribution in [0.15, 0.2) is 24.3 Å². The van der Waals surface area contributed by atoms with Crippen molar-refractivity contribution < 1.29 is 4.79 Å². The number of carbonyl (C=O) groups excluding carboxylic acids is 1. The lowest BCUT2D eigenvalue weighted by Crippen LogP contribution is -2.43. The van der Waals surface area contributed by atoms with Gasteiger partial charge in [-0.05, 0) is 43.0 Å². The van der Waals surface area contributed by atoms with Crippen molar-refractivity contribution in [1.29, 1.82) is 0 Å². The van der Waals surface area contributed by atoms with E-state index in [1.807, 2.05) is 19.1 Å². The summed E-state index contributed by atoms with van der Waals surface area (Å²) in [5.41, 5.74) is 2.14. The van der Waals surface area contributed by atoms with Crippen LogP contribution in [0.5, 0.6) is 0 Å². The Morgan fingerprint density at radius 3 is 2.50 bits per heavy atom. The Hall–Kier alpha value is -1.55. The first-order valence-electron chi connectivity index (χ1n) is 7.60. The number of nitrogens with one attached hydrogen (secondary N) is 2. The topological polar surface area (TPSA) is 44.4 Å². The molecule has 0 aromatic heterocycles. The van der Waals surface area contributed by atoms with Gasteiger partial charge >= 0.3 is 0 Å². The number of hydrogen-bond acceptors (Lipinski definition) is 3. The standard InChI is InChI=1S/C16H23N3O/c1-12(13-2-3-13)16(20)18-14-4-6-15(7-5-14)19-10-8-17-9-11-19/h4-7,12-13,17H,2-3,8-11H2,1H3,(H,18,20). The minimum atomic E-state index is 0.142. The fourth-order valence-corrected chi connectivity index (χ4v) is 2.75. The molecule has 0 spiro atoms. The van der Waals surface area contributed by atoms with Crippen LogP contribution in [0.4, 0.5) is 11.4 Å². The van der Waals surface area contributed by atoms with Gasteiger partial charge in [0, 0.05) is 43.5 Å². The first-order chi connectivity index (χ1) is 9.74. The predicted molar refractivity (Wildman–Crippen MR) is 82.0 cm³/mol. The van der Waals surface area contributed by atoms with Crippen LogP contribution in [0.3, 0.4) is 0 Å². The molecule has 1 saturated carbocycles. The van der Waals surface area contributed by atoms with E-state index in [-0.39, 0.29) is 11.8 Å². The van der Waals surface area contributed by atoms with Crippen LogP contribution in [-0.2, 0) is 4.79 Å². The molecule has 4 heteroatoms. The second-order valence-electron chi connectivity index (χ2n) is 5.90. The molecule has 2 fully saturated rings. The summed E-state index contributed by atoms with van der Waals surface area (Å²) in [5.74, 6) is 0.903. The fourth-order valence-electron chi connectivity index (χ4n) is 2.75. The second kappa shape index (κ2) is 5.83. The maximum Gasteiger partial charge on any atom is 0.227 e. The number of hydrogen-bond donors (Lipinski definition) is 2. The molecular weight excluding hydrogens is 250 g/mol. The smallest absolute Gasteiger partial charge is 0.227 e. The maximum atomic E-state index is 12.1. The highest BCUT2D eigenvalue weighted by Gasteiger charge is 2.32. The summed E-state index contributed by atoms with van der Waals surface area (Å²) in [6.07, 6.45) is 2.41. The Labute approximate surface area is 120 Å². The zero-order valence-electron chi connectivity index (χ0n) is 12.1. The molecule has 4 nitrogen and oxygen atoms in total. The van der Waals surface area contributed by atoms with Gasteiger partial charge in [0.25, 0.3) is 0 Å². The number of benzene rings is 1. The number of carbonyl (C=O) groups is 1. The molecule has 20 heavy (non-hydrogen) atoms. The average Bonchev–Trinajstić information content (AvgIpc) is 3.33. The molecule has 1 amide bonds. The van der Waals surface area contributed by atoms with Gasteiger partial charge in [0.2, 0.25) is 5.91 Å². The number of piperazine rings is 1. The van der Waals surface area contributed by atoms with Gasteiger partial charge in [0.05, 0.1) is 0 Å². The van der Waals surface area contributed by atoms with Crippen molar-refractivity contribution in [2.45, 2.75) is 19.8 Å². The van der Waals surface area contributed by atoms with Gasteiger partial charge in [0.1, 0.15) is 0 Å². The lowest BCUT2D eigenvalue weighted by atomic mass is 10.1. The van der Waals surface area contributed by atoms with Gasteiger partial charge in [-0.15, -0.1) is 0 Å². The molecule has 2 N–H and O–H groups in total. The van der Waals surface area contributed by atoms with E-state index in [4.69, 9.17) is 0 Å². The summed E-state index contributed by atoms with van der Waals surface area (Å²) in [6.45, 7) is 6.20. The Morgan fingerprint density at radius 2 is 1.90 bits per heavy atom. The predicted octanol–water partition coefficient (Wildman–Crippen LogP) is 2.08. The Balaban J connectivity index is 1.59. The van der Waals surface area contributed by atoms with E-state index in [0.29, 0.717) is 5.92 Å². The van der Waals surface area contributed by atoms with Crippen molar-refractivity contribution in [3.8, 4) is 0 Å². The third-order valence-corrected chi connectivity index (χ3v) is 4.36. The highest BCUT2D eigenvalue weighted by atomic mass is 16.1. The molecule has 108 valence electrons. The number of amides is 1. The monoisotopic (exact) mass is 273 g/mol. The van der Waals surface area contributed by atoms with Crippen molar-refractivity contribution in [3.05, 3.63) is 24.3 Å². The third kappa shape index (κ3) is 3.12. The van der Waals surface area contributed by atoms with Gasteiger partial charge in [-0.2, -0.15) is 0 Å².